The zero-order valence-corrected chi connectivity index (χ0v) is 18.8. The van der Waals surface area contributed by atoms with Gasteiger partial charge in [-0.2, -0.15) is 0 Å². The Labute approximate surface area is 191 Å². The SMILES string of the molecule is Cc1cccc(Oc2cc(N3CCN(C(=O)c4ccc(Cl)cc4Cl)C(C)C3)ncn2)c1. The first kappa shape index (κ1) is 21.4. The van der Waals surface area contributed by atoms with Gasteiger partial charge in [0.15, 0.2) is 0 Å². The van der Waals surface area contributed by atoms with E-state index in [1.807, 2.05) is 49.1 Å². The summed E-state index contributed by atoms with van der Waals surface area (Å²) in [6, 6.07) is 14.5. The second-order valence-electron chi connectivity index (χ2n) is 7.55. The number of amides is 1. The van der Waals surface area contributed by atoms with E-state index in [1.165, 1.54) is 6.33 Å². The first-order valence-corrected chi connectivity index (χ1v) is 10.7. The van der Waals surface area contributed by atoms with Crippen molar-refractivity contribution in [3.8, 4) is 11.6 Å². The number of piperazine rings is 1. The molecule has 0 spiro atoms. The highest BCUT2D eigenvalue weighted by molar-refractivity contribution is 6.36. The number of anilines is 1. The van der Waals surface area contributed by atoms with Crippen LogP contribution in [0.3, 0.4) is 0 Å². The second kappa shape index (κ2) is 9.12. The number of carbonyl (C=O) groups is 1. The molecular weight excluding hydrogens is 435 g/mol. The molecule has 2 heterocycles. The fourth-order valence-corrected chi connectivity index (χ4v) is 4.13. The number of rotatable bonds is 4. The van der Waals surface area contributed by atoms with Crippen LogP contribution in [0.4, 0.5) is 5.82 Å². The summed E-state index contributed by atoms with van der Waals surface area (Å²) in [5.41, 5.74) is 1.57. The number of aromatic nitrogens is 2. The largest absolute Gasteiger partial charge is 0.439 e. The molecule has 4 rings (SSSR count). The third-order valence-electron chi connectivity index (χ3n) is 5.21. The monoisotopic (exact) mass is 456 g/mol. The van der Waals surface area contributed by atoms with Crippen molar-refractivity contribution in [3.05, 3.63) is 76.0 Å². The topological polar surface area (TPSA) is 58.6 Å². The Bertz CT molecular complexity index is 1110. The van der Waals surface area contributed by atoms with Crippen molar-refractivity contribution in [3.63, 3.8) is 0 Å². The maximum absolute atomic E-state index is 13.0. The Kier molecular flexibility index (Phi) is 6.30. The van der Waals surface area contributed by atoms with Crippen molar-refractivity contribution in [2.45, 2.75) is 19.9 Å². The fraction of sp³-hybridized carbons (Fsp3) is 0.261. The molecular formula is C23H22Cl2N4O2. The molecule has 1 unspecified atom stereocenters. The molecule has 8 heteroatoms. The quantitative estimate of drug-likeness (QED) is 0.537. The molecule has 1 atom stereocenters. The van der Waals surface area contributed by atoms with Gasteiger partial charge in [-0.15, -0.1) is 0 Å². The summed E-state index contributed by atoms with van der Waals surface area (Å²) < 4.78 is 5.89. The van der Waals surface area contributed by atoms with Crippen LogP contribution in [0.15, 0.2) is 54.9 Å². The zero-order valence-electron chi connectivity index (χ0n) is 17.3. The molecule has 1 amide bonds. The molecule has 6 nitrogen and oxygen atoms in total. The number of aryl methyl sites for hydroxylation is 1. The lowest BCUT2D eigenvalue weighted by atomic mass is 10.1. The molecule has 3 aromatic rings. The van der Waals surface area contributed by atoms with Crippen LogP contribution in [0.5, 0.6) is 11.6 Å². The Morgan fingerprint density at radius 3 is 2.68 bits per heavy atom. The molecule has 0 bridgehead atoms. The van der Waals surface area contributed by atoms with Gasteiger partial charge < -0.3 is 14.5 Å². The molecule has 1 saturated heterocycles. The van der Waals surface area contributed by atoms with E-state index in [1.54, 1.807) is 18.2 Å². The Balaban J connectivity index is 1.45. The number of ether oxygens (including phenoxy) is 1. The van der Waals surface area contributed by atoms with Crippen LogP contribution in [0.2, 0.25) is 10.0 Å². The molecule has 1 aliphatic rings. The van der Waals surface area contributed by atoms with Crippen molar-refractivity contribution >= 4 is 34.9 Å². The molecule has 0 radical (unpaired) electrons. The van der Waals surface area contributed by atoms with E-state index >= 15 is 0 Å². The number of nitrogens with zero attached hydrogens (tertiary/aromatic N) is 4. The Hall–Kier alpha value is -2.83. The average Bonchev–Trinajstić information content (AvgIpc) is 2.73. The standard InChI is InChI=1S/C23H22Cl2N4O2/c1-15-4-3-5-18(10-15)31-22-12-21(26-14-27-22)28-8-9-29(16(2)13-28)23(30)19-7-6-17(24)11-20(19)25/h3-7,10-12,14,16H,8-9,13H2,1-2H3. The van der Waals surface area contributed by atoms with Crippen LogP contribution in [0.1, 0.15) is 22.8 Å². The van der Waals surface area contributed by atoms with E-state index < -0.39 is 0 Å². The summed E-state index contributed by atoms with van der Waals surface area (Å²) in [5, 5.41) is 0.868. The lowest BCUT2D eigenvalue weighted by Gasteiger charge is -2.40. The van der Waals surface area contributed by atoms with Crippen molar-refractivity contribution in [1.82, 2.24) is 14.9 Å². The van der Waals surface area contributed by atoms with E-state index in [4.69, 9.17) is 27.9 Å². The van der Waals surface area contributed by atoms with Crippen molar-refractivity contribution < 1.29 is 9.53 Å². The van der Waals surface area contributed by atoms with Gasteiger partial charge >= 0.3 is 0 Å². The normalized spacial score (nSPS) is 16.3. The van der Waals surface area contributed by atoms with Gasteiger partial charge in [-0.1, -0.05) is 35.3 Å². The van der Waals surface area contributed by atoms with Crippen molar-refractivity contribution in [2.75, 3.05) is 24.5 Å². The van der Waals surface area contributed by atoms with Gasteiger partial charge in [0.2, 0.25) is 5.88 Å². The van der Waals surface area contributed by atoms with Crippen LogP contribution in [0.25, 0.3) is 0 Å². The third-order valence-corrected chi connectivity index (χ3v) is 5.76. The summed E-state index contributed by atoms with van der Waals surface area (Å²) in [6.07, 6.45) is 1.50. The van der Waals surface area contributed by atoms with E-state index in [0.717, 1.165) is 17.1 Å². The van der Waals surface area contributed by atoms with E-state index in [2.05, 4.69) is 14.9 Å². The molecule has 0 aliphatic carbocycles. The predicted octanol–water partition coefficient (Wildman–Crippen LogP) is 5.24. The zero-order chi connectivity index (χ0) is 22.0. The van der Waals surface area contributed by atoms with Crippen LogP contribution in [-0.2, 0) is 0 Å². The molecule has 31 heavy (non-hydrogen) atoms. The summed E-state index contributed by atoms with van der Waals surface area (Å²) in [4.78, 5) is 25.6. The van der Waals surface area contributed by atoms with Gasteiger partial charge in [0.1, 0.15) is 17.9 Å². The van der Waals surface area contributed by atoms with Gasteiger partial charge in [0.05, 0.1) is 10.6 Å². The number of carbonyl (C=O) groups excluding carboxylic acids is 1. The molecule has 1 aliphatic heterocycles. The summed E-state index contributed by atoms with van der Waals surface area (Å²) in [5.74, 6) is 1.88. The third kappa shape index (κ3) is 4.92. The summed E-state index contributed by atoms with van der Waals surface area (Å²) in [7, 11) is 0. The first-order valence-electron chi connectivity index (χ1n) is 9.98. The highest BCUT2D eigenvalue weighted by atomic mass is 35.5. The highest BCUT2D eigenvalue weighted by Crippen LogP contribution is 2.27. The first-order chi connectivity index (χ1) is 14.9. The van der Waals surface area contributed by atoms with Crippen LogP contribution >= 0.6 is 23.2 Å². The van der Waals surface area contributed by atoms with Gasteiger partial charge in [0, 0.05) is 36.8 Å². The Morgan fingerprint density at radius 1 is 1.10 bits per heavy atom. The molecule has 2 aromatic carbocycles. The van der Waals surface area contributed by atoms with E-state index in [9.17, 15) is 4.79 Å². The van der Waals surface area contributed by atoms with Crippen molar-refractivity contribution in [1.29, 1.82) is 0 Å². The highest BCUT2D eigenvalue weighted by Gasteiger charge is 2.30. The summed E-state index contributed by atoms with van der Waals surface area (Å²) >= 11 is 12.2. The molecule has 1 aromatic heterocycles. The van der Waals surface area contributed by atoms with Crippen LogP contribution in [-0.4, -0.2) is 46.5 Å². The van der Waals surface area contributed by atoms with Crippen LogP contribution < -0.4 is 9.64 Å². The van der Waals surface area contributed by atoms with Gasteiger partial charge in [0.25, 0.3) is 5.91 Å². The number of halogens is 2. The minimum absolute atomic E-state index is 0.0240. The van der Waals surface area contributed by atoms with E-state index in [-0.39, 0.29) is 11.9 Å². The molecule has 1 fully saturated rings. The van der Waals surface area contributed by atoms with Gasteiger partial charge in [-0.25, -0.2) is 9.97 Å². The average molecular weight is 457 g/mol. The molecule has 0 N–H and O–H groups in total. The van der Waals surface area contributed by atoms with E-state index in [0.29, 0.717) is 41.1 Å². The maximum atomic E-state index is 13.0. The maximum Gasteiger partial charge on any atom is 0.255 e. The molecule has 0 saturated carbocycles. The van der Waals surface area contributed by atoms with Crippen molar-refractivity contribution in [2.24, 2.45) is 0 Å². The minimum atomic E-state index is -0.0972. The fourth-order valence-electron chi connectivity index (χ4n) is 3.64. The lowest BCUT2D eigenvalue weighted by molar-refractivity contribution is 0.0674. The van der Waals surface area contributed by atoms with Gasteiger partial charge in [-0.3, -0.25) is 4.79 Å². The van der Waals surface area contributed by atoms with Crippen LogP contribution in [0, 0.1) is 6.92 Å². The Morgan fingerprint density at radius 2 is 1.94 bits per heavy atom. The number of hydrogen-bond donors (Lipinski definition) is 0. The second-order valence-corrected chi connectivity index (χ2v) is 8.39. The molecule has 160 valence electrons. The predicted molar refractivity (Wildman–Crippen MR) is 122 cm³/mol. The smallest absolute Gasteiger partial charge is 0.255 e. The number of benzene rings is 2. The van der Waals surface area contributed by atoms with Gasteiger partial charge in [-0.05, 0) is 49.7 Å². The number of hydrogen-bond acceptors (Lipinski definition) is 5. The summed E-state index contributed by atoms with van der Waals surface area (Å²) in [6.45, 7) is 5.86. The lowest BCUT2D eigenvalue weighted by Crippen LogP contribution is -2.54. The minimum Gasteiger partial charge on any atom is -0.439 e.